The van der Waals surface area contributed by atoms with Gasteiger partial charge in [0.1, 0.15) is 6.04 Å². The molecule has 0 saturated carbocycles. The minimum Gasteiger partial charge on any atom is -0.331 e. The lowest BCUT2D eigenvalue weighted by atomic mass is 10.1. The summed E-state index contributed by atoms with van der Waals surface area (Å²) in [6.07, 6.45) is 4.37. The minimum atomic E-state index is -0.0144. The van der Waals surface area contributed by atoms with Gasteiger partial charge in [0.15, 0.2) is 0 Å². The van der Waals surface area contributed by atoms with Gasteiger partial charge in [-0.2, -0.15) is 0 Å². The van der Waals surface area contributed by atoms with Crippen LogP contribution in [0.25, 0.3) is 0 Å². The Morgan fingerprint density at radius 1 is 1.54 bits per heavy atom. The van der Waals surface area contributed by atoms with Gasteiger partial charge in [0.2, 0.25) is 5.56 Å². The van der Waals surface area contributed by atoms with E-state index in [1.54, 1.807) is 11.0 Å². The molecule has 3 nitrogen and oxygen atoms in total. The molecule has 0 spiro atoms. The summed E-state index contributed by atoms with van der Waals surface area (Å²) in [5, 5.41) is 0. The number of pyridine rings is 1. The topological polar surface area (TPSA) is 37.3 Å². The molecule has 1 aromatic rings. The van der Waals surface area contributed by atoms with Crippen LogP contribution in [0.15, 0.2) is 23.1 Å². The summed E-state index contributed by atoms with van der Waals surface area (Å²) in [5.41, 5.74) is 1.24. The highest BCUT2D eigenvalue weighted by Gasteiger charge is 2.26. The second-order valence-electron chi connectivity index (χ2n) is 3.78. The van der Waals surface area contributed by atoms with Gasteiger partial charge in [-0.05, 0) is 6.07 Å². The maximum absolute atomic E-state index is 10.9. The molecule has 1 aromatic heterocycles. The number of H-pyrrole nitrogens is 1. The first-order chi connectivity index (χ1) is 6.27. The number of quaternary nitrogens is 1. The average Bonchev–Trinajstić information content (AvgIpc) is 2.53. The van der Waals surface area contributed by atoms with Gasteiger partial charge >= 0.3 is 0 Å². The Bertz CT molecular complexity index is 325. The van der Waals surface area contributed by atoms with Crippen LogP contribution in [-0.2, 0) is 0 Å². The number of hydrogen-bond donors (Lipinski definition) is 2. The fraction of sp³-hybridized carbons (Fsp3) is 0.500. The highest BCUT2D eigenvalue weighted by Crippen LogP contribution is 2.16. The summed E-state index contributed by atoms with van der Waals surface area (Å²) in [7, 11) is 2.21. The van der Waals surface area contributed by atoms with Crippen LogP contribution in [0.4, 0.5) is 0 Å². The Labute approximate surface area is 77.4 Å². The molecule has 0 aromatic carbocycles. The van der Waals surface area contributed by atoms with Crippen molar-refractivity contribution in [3.8, 4) is 0 Å². The van der Waals surface area contributed by atoms with E-state index in [0.717, 1.165) is 0 Å². The molecular formula is C10H15N2O+. The van der Waals surface area contributed by atoms with E-state index < -0.39 is 0 Å². The van der Waals surface area contributed by atoms with Crippen LogP contribution in [0.2, 0.25) is 0 Å². The average molecular weight is 179 g/mol. The number of hydrogen-bond acceptors (Lipinski definition) is 1. The molecule has 2 rings (SSSR count). The van der Waals surface area contributed by atoms with Crippen molar-refractivity contribution in [3.05, 3.63) is 34.2 Å². The van der Waals surface area contributed by atoms with E-state index in [1.807, 2.05) is 12.3 Å². The van der Waals surface area contributed by atoms with E-state index in [9.17, 15) is 4.79 Å². The number of likely N-dealkylation sites (tertiary alicyclic amines) is 1. The molecule has 13 heavy (non-hydrogen) atoms. The largest absolute Gasteiger partial charge is 0.331 e. The van der Waals surface area contributed by atoms with Crippen molar-refractivity contribution in [2.24, 2.45) is 0 Å². The molecule has 2 atom stereocenters. The summed E-state index contributed by atoms with van der Waals surface area (Å²) in [4.78, 5) is 15.1. The summed E-state index contributed by atoms with van der Waals surface area (Å²) in [5.74, 6) is 0. The smallest absolute Gasteiger partial charge is 0.247 e. The maximum atomic E-state index is 10.9. The second kappa shape index (κ2) is 3.34. The first-order valence-corrected chi connectivity index (χ1v) is 4.78. The zero-order valence-electron chi connectivity index (χ0n) is 7.84. The molecule has 0 radical (unpaired) electrons. The van der Waals surface area contributed by atoms with Crippen molar-refractivity contribution in [2.45, 2.75) is 18.9 Å². The van der Waals surface area contributed by atoms with Gasteiger partial charge in [-0.1, -0.05) is 0 Å². The maximum Gasteiger partial charge on any atom is 0.247 e. The lowest BCUT2D eigenvalue weighted by Crippen LogP contribution is -3.07. The molecule has 1 fully saturated rings. The van der Waals surface area contributed by atoms with Crippen LogP contribution in [0.3, 0.4) is 0 Å². The van der Waals surface area contributed by atoms with Crippen LogP contribution in [-0.4, -0.2) is 18.6 Å². The predicted octanol–water partition coefficient (Wildman–Crippen LogP) is -0.275. The lowest BCUT2D eigenvalue weighted by Gasteiger charge is -2.15. The van der Waals surface area contributed by atoms with E-state index >= 15 is 0 Å². The molecule has 1 unspecified atom stereocenters. The Morgan fingerprint density at radius 3 is 2.92 bits per heavy atom. The fourth-order valence-corrected chi connectivity index (χ4v) is 2.10. The van der Waals surface area contributed by atoms with Crippen molar-refractivity contribution in [2.75, 3.05) is 13.6 Å². The van der Waals surface area contributed by atoms with Crippen molar-refractivity contribution in [3.63, 3.8) is 0 Å². The van der Waals surface area contributed by atoms with Crippen LogP contribution < -0.4 is 10.5 Å². The molecule has 2 N–H and O–H groups in total. The van der Waals surface area contributed by atoms with Crippen molar-refractivity contribution in [1.82, 2.24) is 4.98 Å². The first-order valence-electron chi connectivity index (χ1n) is 4.78. The van der Waals surface area contributed by atoms with Gasteiger partial charge in [0.05, 0.1) is 13.6 Å². The summed E-state index contributed by atoms with van der Waals surface area (Å²) >= 11 is 0. The number of rotatable bonds is 1. The third kappa shape index (κ3) is 1.65. The minimum absolute atomic E-state index is 0.0144. The van der Waals surface area contributed by atoms with Gasteiger partial charge in [-0.25, -0.2) is 0 Å². The quantitative estimate of drug-likeness (QED) is 0.611. The van der Waals surface area contributed by atoms with Gasteiger partial charge in [-0.3, -0.25) is 4.79 Å². The molecule has 0 bridgehead atoms. The molecule has 3 heteroatoms. The Hall–Kier alpha value is -1.09. The van der Waals surface area contributed by atoms with Crippen LogP contribution in [0, 0.1) is 0 Å². The molecule has 1 aliphatic rings. The van der Waals surface area contributed by atoms with Gasteiger partial charge in [-0.15, -0.1) is 0 Å². The zero-order valence-corrected chi connectivity index (χ0v) is 7.84. The Balaban J connectivity index is 2.25. The Kier molecular flexibility index (Phi) is 2.19. The van der Waals surface area contributed by atoms with Crippen LogP contribution in [0.5, 0.6) is 0 Å². The molecule has 1 aliphatic heterocycles. The fourth-order valence-electron chi connectivity index (χ4n) is 2.10. The highest BCUT2D eigenvalue weighted by molar-refractivity contribution is 5.12. The third-order valence-corrected chi connectivity index (χ3v) is 2.87. The van der Waals surface area contributed by atoms with Crippen molar-refractivity contribution >= 4 is 0 Å². The van der Waals surface area contributed by atoms with E-state index in [4.69, 9.17) is 0 Å². The molecular weight excluding hydrogens is 164 g/mol. The van der Waals surface area contributed by atoms with Gasteiger partial charge in [0.25, 0.3) is 0 Å². The lowest BCUT2D eigenvalue weighted by molar-refractivity contribution is -0.898. The van der Waals surface area contributed by atoms with E-state index in [0.29, 0.717) is 6.04 Å². The van der Waals surface area contributed by atoms with Crippen LogP contribution >= 0.6 is 0 Å². The van der Waals surface area contributed by atoms with Crippen molar-refractivity contribution in [1.29, 1.82) is 0 Å². The number of nitrogens with one attached hydrogen (secondary N) is 2. The summed E-state index contributed by atoms with van der Waals surface area (Å²) in [6, 6.07) is 4.14. The summed E-state index contributed by atoms with van der Waals surface area (Å²) in [6.45, 7) is 1.24. The normalized spacial score (nSPS) is 27.8. The van der Waals surface area contributed by atoms with E-state index in [2.05, 4.69) is 12.0 Å². The monoisotopic (exact) mass is 179 g/mol. The van der Waals surface area contributed by atoms with Gasteiger partial charge in [0, 0.05) is 30.7 Å². The predicted molar refractivity (Wildman–Crippen MR) is 50.8 cm³/mol. The molecule has 2 heterocycles. The first kappa shape index (κ1) is 8.51. The molecule has 0 amide bonds. The molecule has 1 saturated heterocycles. The number of aromatic nitrogens is 1. The van der Waals surface area contributed by atoms with Crippen LogP contribution in [0.1, 0.15) is 24.4 Å². The van der Waals surface area contributed by atoms with E-state index in [1.165, 1.54) is 24.9 Å². The van der Waals surface area contributed by atoms with E-state index in [-0.39, 0.29) is 5.56 Å². The molecule has 0 aliphatic carbocycles. The third-order valence-electron chi connectivity index (χ3n) is 2.87. The number of aromatic amines is 1. The molecule has 70 valence electrons. The summed E-state index contributed by atoms with van der Waals surface area (Å²) < 4.78 is 0. The van der Waals surface area contributed by atoms with Gasteiger partial charge < -0.3 is 9.88 Å². The Morgan fingerprint density at radius 2 is 2.38 bits per heavy atom. The standard InChI is InChI=1S/C10H14N2O/c1-12-6-2-3-9(12)8-4-5-10(13)11-7-8/h4-5,7,9H,2-3,6H2,1H3,(H,11,13)/p+1/t9-/m1/s1. The SMILES string of the molecule is C[NH+]1CCC[C@@H]1c1ccc(=O)[nH]c1. The van der Waals surface area contributed by atoms with Crippen molar-refractivity contribution < 1.29 is 4.90 Å². The second-order valence-corrected chi connectivity index (χ2v) is 3.78. The highest BCUT2D eigenvalue weighted by atomic mass is 16.1. The zero-order chi connectivity index (χ0) is 9.26.